The maximum absolute atomic E-state index is 12.3. The predicted octanol–water partition coefficient (Wildman–Crippen LogP) is 2.28. The number of hydrazone groups is 1. The van der Waals surface area contributed by atoms with Crippen molar-refractivity contribution in [3.8, 4) is 5.75 Å². The fourth-order valence-corrected chi connectivity index (χ4v) is 2.67. The SMILES string of the molecule is CNC(=O)C(=O)N/N=C\c1cc(Br)ccc1OCC(=O)Nc1cccc(C)c1C. The van der Waals surface area contributed by atoms with Gasteiger partial charge in [-0.2, -0.15) is 5.10 Å². The number of hydrogen-bond acceptors (Lipinski definition) is 5. The molecule has 0 aliphatic heterocycles. The molecular weight excluding hydrogens is 440 g/mol. The summed E-state index contributed by atoms with van der Waals surface area (Å²) >= 11 is 3.34. The quantitative estimate of drug-likeness (QED) is 0.349. The molecule has 0 aliphatic carbocycles. The van der Waals surface area contributed by atoms with Gasteiger partial charge in [0.2, 0.25) is 0 Å². The Hall–Kier alpha value is -3.20. The van der Waals surface area contributed by atoms with Crippen LogP contribution in [0.1, 0.15) is 16.7 Å². The van der Waals surface area contributed by atoms with E-state index in [0.717, 1.165) is 21.3 Å². The Kier molecular flexibility index (Phi) is 7.90. The molecule has 0 aliphatic rings. The van der Waals surface area contributed by atoms with E-state index in [9.17, 15) is 14.4 Å². The van der Waals surface area contributed by atoms with Crippen LogP contribution < -0.4 is 20.8 Å². The lowest BCUT2D eigenvalue weighted by molar-refractivity contribution is -0.138. The molecule has 0 saturated heterocycles. The molecule has 152 valence electrons. The number of hydrogen-bond donors (Lipinski definition) is 3. The summed E-state index contributed by atoms with van der Waals surface area (Å²) in [6, 6.07) is 10.8. The number of anilines is 1. The summed E-state index contributed by atoms with van der Waals surface area (Å²) < 4.78 is 6.36. The topological polar surface area (TPSA) is 109 Å². The first-order valence-corrected chi connectivity index (χ1v) is 9.44. The number of ether oxygens (including phenoxy) is 1. The summed E-state index contributed by atoms with van der Waals surface area (Å²) in [5, 5.41) is 8.76. The van der Waals surface area contributed by atoms with Gasteiger partial charge in [0.25, 0.3) is 5.91 Å². The molecule has 0 aromatic heterocycles. The van der Waals surface area contributed by atoms with Gasteiger partial charge in [-0.25, -0.2) is 5.43 Å². The Morgan fingerprint density at radius 1 is 1.14 bits per heavy atom. The zero-order chi connectivity index (χ0) is 21.4. The lowest BCUT2D eigenvalue weighted by atomic mass is 10.1. The van der Waals surface area contributed by atoms with E-state index >= 15 is 0 Å². The van der Waals surface area contributed by atoms with Gasteiger partial charge in [0.1, 0.15) is 5.75 Å². The standard InChI is InChI=1S/C20H21BrN4O4/c1-12-5-4-6-16(13(12)2)24-18(26)11-29-17-8-7-15(21)9-14(17)10-23-25-20(28)19(27)22-3/h4-10H,11H2,1-3H3,(H,22,27)(H,24,26)(H,25,28)/b23-10-. The summed E-state index contributed by atoms with van der Waals surface area (Å²) in [6.07, 6.45) is 1.32. The highest BCUT2D eigenvalue weighted by molar-refractivity contribution is 9.10. The van der Waals surface area contributed by atoms with Crippen LogP contribution in [0, 0.1) is 13.8 Å². The van der Waals surface area contributed by atoms with Crippen molar-refractivity contribution in [2.45, 2.75) is 13.8 Å². The zero-order valence-corrected chi connectivity index (χ0v) is 17.8. The summed E-state index contributed by atoms with van der Waals surface area (Å²) in [5.41, 5.74) is 5.41. The van der Waals surface area contributed by atoms with Gasteiger partial charge in [0, 0.05) is 22.8 Å². The minimum atomic E-state index is -0.894. The lowest BCUT2D eigenvalue weighted by Crippen LogP contribution is -2.35. The predicted molar refractivity (Wildman–Crippen MR) is 114 cm³/mol. The van der Waals surface area contributed by atoms with Gasteiger partial charge >= 0.3 is 11.8 Å². The molecule has 0 saturated carbocycles. The Bertz CT molecular complexity index is 959. The molecule has 0 unspecified atom stereocenters. The van der Waals surface area contributed by atoms with Gasteiger partial charge in [0.05, 0.1) is 6.21 Å². The van der Waals surface area contributed by atoms with Crippen molar-refractivity contribution in [3.63, 3.8) is 0 Å². The first-order valence-electron chi connectivity index (χ1n) is 8.65. The van der Waals surface area contributed by atoms with E-state index in [2.05, 4.69) is 37.1 Å². The van der Waals surface area contributed by atoms with E-state index in [1.165, 1.54) is 13.3 Å². The summed E-state index contributed by atoms with van der Waals surface area (Å²) in [7, 11) is 1.34. The van der Waals surface area contributed by atoms with E-state index in [-0.39, 0.29) is 12.5 Å². The second-order valence-electron chi connectivity index (χ2n) is 6.04. The van der Waals surface area contributed by atoms with Crippen molar-refractivity contribution in [1.29, 1.82) is 0 Å². The van der Waals surface area contributed by atoms with Gasteiger partial charge < -0.3 is 15.4 Å². The average Bonchev–Trinajstić information content (AvgIpc) is 2.70. The minimum absolute atomic E-state index is 0.208. The number of aryl methyl sites for hydroxylation is 1. The van der Waals surface area contributed by atoms with Crippen molar-refractivity contribution >= 4 is 45.6 Å². The Morgan fingerprint density at radius 3 is 2.62 bits per heavy atom. The van der Waals surface area contributed by atoms with Gasteiger partial charge in [-0.15, -0.1) is 0 Å². The summed E-state index contributed by atoms with van der Waals surface area (Å²) in [4.78, 5) is 34.9. The number of carbonyl (C=O) groups excluding carboxylic acids is 3. The Labute approximate surface area is 176 Å². The second kappa shape index (κ2) is 10.4. The molecule has 0 atom stereocenters. The largest absolute Gasteiger partial charge is 0.483 e. The smallest absolute Gasteiger partial charge is 0.329 e. The maximum Gasteiger partial charge on any atom is 0.329 e. The molecule has 2 aromatic carbocycles. The normalized spacial score (nSPS) is 10.5. The number of rotatable bonds is 6. The van der Waals surface area contributed by atoms with Crippen LogP contribution in [0.2, 0.25) is 0 Å². The fourth-order valence-electron chi connectivity index (χ4n) is 2.29. The van der Waals surface area contributed by atoms with Crippen LogP contribution in [-0.2, 0) is 14.4 Å². The number of halogens is 1. The first-order chi connectivity index (χ1) is 13.8. The van der Waals surface area contributed by atoms with Crippen LogP contribution in [0.25, 0.3) is 0 Å². The van der Waals surface area contributed by atoms with Gasteiger partial charge in [0.15, 0.2) is 6.61 Å². The van der Waals surface area contributed by atoms with E-state index < -0.39 is 11.8 Å². The van der Waals surface area contributed by atoms with Gasteiger partial charge in [-0.05, 0) is 49.2 Å². The maximum atomic E-state index is 12.3. The molecule has 9 heteroatoms. The first kappa shape index (κ1) is 22.1. The summed E-state index contributed by atoms with van der Waals surface area (Å²) in [5.74, 6) is -1.62. The Morgan fingerprint density at radius 2 is 1.90 bits per heavy atom. The van der Waals surface area contributed by atoms with Crippen LogP contribution in [0.4, 0.5) is 5.69 Å². The molecule has 2 rings (SSSR count). The van der Waals surface area contributed by atoms with Crippen molar-refractivity contribution in [3.05, 3.63) is 57.6 Å². The molecule has 29 heavy (non-hydrogen) atoms. The van der Waals surface area contributed by atoms with Crippen LogP contribution in [0.5, 0.6) is 5.75 Å². The highest BCUT2D eigenvalue weighted by atomic mass is 79.9. The van der Waals surface area contributed by atoms with E-state index in [0.29, 0.717) is 11.3 Å². The molecule has 0 radical (unpaired) electrons. The molecular formula is C20H21BrN4O4. The third kappa shape index (κ3) is 6.42. The average molecular weight is 461 g/mol. The van der Waals surface area contributed by atoms with Crippen LogP contribution in [0.15, 0.2) is 46.0 Å². The van der Waals surface area contributed by atoms with E-state index in [4.69, 9.17) is 4.74 Å². The number of nitrogens with zero attached hydrogens (tertiary/aromatic N) is 1. The highest BCUT2D eigenvalue weighted by Gasteiger charge is 2.11. The third-order valence-corrected chi connectivity index (χ3v) is 4.51. The number of likely N-dealkylation sites (N-methyl/N-ethyl adjacent to an activating group) is 1. The third-order valence-electron chi connectivity index (χ3n) is 4.01. The van der Waals surface area contributed by atoms with Crippen molar-refractivity contribution in [2.75, 3.05) is 19.0 Å². The highest BCUT2D eigenvalue weighted by Crippen LogP contribution is 2.22. The summed E-state index contributed by atoms with van der Waals surface area (Å²) in [6.45, 7) is 3.69. The van der Waals surface area contributed by atoms with E-state index in [1.807, 2.05) is 32.0 Å². The minimum Gasteiger partial charge on any atom is -0.483 e. The van der Waals surface area contributed by atoms with Gasteiger partial charge in [-0.3, -0.25) is 14.4 Å². The van der Waals surface area contributed by atoms with Crippen molar-refractivity contribution in [1.82, 2.24) is 10.7 Å². The lowest BCUT2D eigenvalue weighted by Gasteiger charge is -2.12. The Balaban J connectivity index is 2.03. The zero-order valence-electron chi connectivity index (χ0n) is 16.2. The molecule has 8 nitrogen and oxygen atoms in total. The second-order valence-corrected chi connectivity index (χ2v) is 6.96. The van der Waals surface area contributed by atoms with Gasteiger partial charge in [-0.1, -0.05) is 28.1 Å². The van der Waals surface area contributed by atoms with E-state index in [1.54, 1.807) is 18.2 Å². The molecule has 0 fully saturated rings. The molecule has 0 heterocycles. The number of benzene rings is 2. The molecule has 0 spiro atoms. The van der Waals surface area contributed by atoms with Crippen LogP contribution >= 0.6 is 15.9 Å². The number of amides is 3. The van der Waals surface area contributed by atoms with Crippen LogP contribution in [-0.4, -0.2) is 37.6 Å². The van der Waals surface area contributed by atoms with Crippen molar-refractivity contribution < 1.29 is 19.1 Å². The van der Waals surface area contributed by atoms with Crippen LogP contribution in [0.3, 0.4) is 0 Å². The molecule has 0 bridgehead atoms. The monoisotopic (exact) mass is 460 g/mol. The molecule has 2 aromatic rings. The number of carbonyl (C=O) groups is 3. The van der Waals surface area contributed by atoms with Crippen molar-refractivity contribution in [2.24, 2.45) is 5.10 Å². The fraction of sp³-hybridized carbons (Fsp3) is 0.200. The molecule has 3 amide bonds. The molecule has 3 N–H and O–H groups in total. The number of nitrogens with one attached hydrogen (secondary N) is 3.